The van der Waals surface area contributed by atoms with E-state index in [0.29, 0.717) is 33.1 Å². The standard InChI is InChI=1S/C40H36ClF3N8O5/c1-38(2,21-46-33(54)34(55)47-27-15-16-29-28-5-3-4-6-30(28)57-31(29)19-27)20-45-32(53)23-7-13-26(14-8-23)48-35-49-36(51-37(50-35)56-22-40(42,43)44)52-39(17-18-39)24-9-11-25(41)12-10-24/h3-16,19H,17-18,20-22H2,1-2H3,(H,45,53)(H,46,54)(H,47,55)(H2,48,49,50,51,52). The predicted molar refractivity (Wildman–Crippen MR) is 209 cm³/mol. The molecule has 0 radical (unpaired) electrons. The largest absolute Gasteiger partial charge is 0.456 e. The summed E-state index contributed by atoms with van der Waals surface area (Å²) < 4.78 is 49.6. The van der Waals surface area contributed by atoms with Crippen molar-refractivity contribution in [2.45, 2.75) is 38.4 Å². The first kappa shape index (κ1) is 38.8. The molecule has 4 aromatic carbocycles. The summed E-state index contributed by atoms with van der Waals surface area (Å²) in [4.78, 5) is 50.8. The topological polar surface area (TPSA) is 172 Å². The van der Waals surface area contributed by atoms with Gasteiger partial charge in [-0.2, -0.15) is 28.1 Å². The number of halogens is 4. The lowest BCUT2D eigenvalue weighted by Gasteiger charge is -2.25. The highest BCUT2D eigenvalue weighted by Gasteiger charge is 2.45. The van der Waals surface area contributed by atoms with Crippen molar-refractivity contribution in [2.24, 2.45) is 5.41 Å². The molecule has 17 heteroatoms. The van der Waals surface area contributed by atoms with Gasteiger partial charge in [-0.3, -0.25) is 14.4 Å². The van der Waals surface area contributed by atoms with Gasteiger partial charge < -0.3 is 35.7 Å². The van der Waals surface area contributed by atoms with Crippen LogP contribution in [0.25, 0.3) is 21.9 Å². The Morgan fingerprint density at radius 3 is 2.18 bits per heavy atom. The van der Waals surface area contributed by atoms with E-state index in [4.69, 9.17) is 20.8 Å². The minimum absolute atomic E-state index is 0.00775. The van der Waals surface area contributed by atoms with Crippen molar-refractivity contribution in [3.63, 3.8) is 0 Å². The summed E-state index contributed by atoms with van der Waals surface area (Å²) in [6.07, 6.45) is -3.15. The third kappa shape index (κ3) is 9.70. The van der Waals surface area contributed by atoms with Gasteiger partial charge in [-0.05, 0) is 78.4 Å². The van der Waals surface area contributed by atoms with Gasteiger partial charge in [0.05, 0.1) is 5.54 Å². The average molecular weight is 801 g/mol. The van der Waals surface area contributed by atoms with E-state index >= 15 is 0 Å². The number of aromatic nitrogens is 3. The molecule has 294 valence electrons. The van der Waals surface area contributed by atoms with Crippen LogP contribution in [-0.2, 0) is 15.1 Å². The van der Waals surface area contributed by atoms with Crippen LogP contribution in [0.4, 0.5) is 36.4 Å². The Labute approximate surface area is 328 Å². The molecule has 6 aromatic rings. The zero-order chi connectivity index (χ0) is 40.4. The van der Waals surface area contributed by atoms with E-state index in [-0.39, 0.29) is 25.0 Å². The first-order chi connectivity index (χ1) is 27.1. The van der Waals surface area contributed by atoms with Gasteiger partial charge in [0, 0.05) is 51.9 Å². The zero-order valence-electron chi connectivity index (χ0n) is 30.6. The maximum atomic E-state index is 13.0. The number of nitrogens with zero attached hydrogens (tertiary/aromatic N) is 3. The van der Waals surface area contributed by atoms with Crippen LogP contribution < -0.4 is 31.3 Å². The molecule has 1 fully saturated rings. The van der Waals surface area contributed by atoms with Gasteiger partial charge in [0.25, 0.3) is 5.91 Å². The van der Waals surface area contributed by atoms with E-state index in [9.17, 15) is 27.6 Å². The van der Waals surface area contributed by atoms with Crippen molar-refractivity contribution in [3.8, 4) is 6.01 Å². The van der Waals surface area contributed by atoms with Crippen molar-refractivity contribution in [2.75, 3.05) is 35.6 Å². The first-order valence-corrected chi connectivity index (χ1v) is 18.2. The number of ether oxygens (including phenoxy) is 1. The maximum Gasteiger partial charge on any atom is 0.422 e. The van der Waals surface area contributed by atoms with Gasteiger partial charge >= 0.3 is 24.0 Å². The number of hydrogen-bond donors (Lipinski definition) is 5. The van der Waals surface area contributed by atoms with Gasteiger partial charge in [-0.15, -0.1) is 0 Å². The lowest BCUT2D eigenvalue weighted by Crippen LogP contribution is -2.44. The minimum Gasteiger partial charge on any atom is -0.456 e. The molecular formula is C40H36ClF3N8O5. The van der Waals surface area contributed by atoms with Gasteiger partial charge in [-0.25, -0.2) is 0 Å². The molecule has 5 N–H and O–H groups in total. The Balaban J connectivity index is 0.923. The molecule has 3 amide bonds. The fourth-order valence-electron chi connectivity index (χ4n) is 5.98. The second-order valence-corrected chi connectivity index (χ2v) is 14.8. The fourth-order valence-corrected chi connectivity index (χ4v) is 6.11. The third-order valence-electron chi connectivity index (χ3n) is 9.18. The SMILES string of the molecule is CC(C)(CNC(=O)C(=O)Nc1ccc2c(c1)oc1ccccc12)CNC(=O)c1ccc(Nc2nc(NC3(c4ccc(Cl)cc4)CC3)nc(OCC(F)(F)F)n2)cc1. The molecule has 1 aliphatic carbocycles. The molecular weight excluding hydrogens is 765 g/mol. The van der Waals surface area contributed by atoms with Crippen molar-refractivity contribution in [3.05, 3.63) is 107 Å². The molecule has 0 unspecified atom stereocenters. The molecule has 13 nitrogen and oxygen atoms in total. The van der Waals surface area contributed by atoms with Gasteiger partial charge in [-0.1, -0.05) is 55.8 Å². The molecule has 2 heterocycles. The number of fused-ring (bicyclic) bond motifs is 3. The molecule has 0 aliphatic heterocycles. The van der Waals surface area contributed by atoms with Crippen molar-refractivity contribution < 1.29 is 36.7 Å². The van der Waals surface area contributed by atoms with Crippen LogP contribution in [0.3, 0.4) is 0 Å². The number of benzene rings is 4. The number of anilines is 4. The van der Waals surface area contributed by atoms with Crippen molar-refractivity contribution in [1.29, 1.82) is 0 Å². The first-order valence-electron chi connectivity index (χ1n) is 17.8. The van der Waals surface area contributed by atoms with E-state index < -0.39 is 47.5 Å². The number of nitrogens with one attached hydrogen (secondary N) is 5. The van der Waals surface area contributed by atoms with Crippen LogP contribution >= 0.6 is 11.6 Å². The summed E-state index contributed by atoms with van der Waals surface area (Å²) in [5, 5.41) is 16.6. The van der Waals surface area contributed by atoms with Crippen LogP contribution in [-0.4, -0.2) is 58.5 Å². The zero-order valence-corrected chi connectivity index (χ0v) is 31.3. The number of furan rings is 1. The molecule has 1 aliphatic rings. The van der Waals surface area contributed by atoms with E-state index in [0.717, 1.165) is 29.2 Å². The van der Waals surface area contributed by atoms with E-state index in [1.165, 1.54) is 0 Å². The predicted octanol–water partition coefficient (Wildman–Crippen LogP) is 7.72. The number of para-hydroxylation sites is 1. The number of amides is 3. The Morgan fingerprint density at radius 2 is 1.46 bits per heavy atom. The Kier molecular flexibility index (Phi) is 10.6. The molecule has 0 atom stereocenters. The summed E-state index contributed by atoms with van der Waals surface area (Å²) in [6, 6.07) is 25.6. The number of rotatable bonds is 13. The van der Waals surface area contributed by atoms with Gasteiger partial charge in [0.1, 0.15) is 11.2 Å². The molecule has 0 spiro atoms. The highest BCUT2D eigenvalue weighted by molar-refractivity contribution is 6.39. The second kappa shape index (κ2) is 15.6. The van der Waals surface area contributed by atoms with E-state index in [1.807, 2.05) is 56.3 Å². The fraction of sp³-hybridized carbons (Fsp3) is 0.250. The molecule has 0 bridgehead atoms. The molecule has 1 saturated carbocycles. The minimum atomic E-state index is -4.61. The Bertz CT molecular complexity index is 2450. The van der Waals surface area contributed by atoms with Crippen molar-refractivity contribution in [1.82, 2.24) is 25.6 Å². The van der Waals surface area contributed by atoms with Crippen LogP contribution in [0.2, 0.25) is 5.02 Å². The molecule has 7 rings (SSSR count). The summed E-state index contributed by atoms with van der Waals surface area (Å²) in [5.41, 5.74) is 2.19. The van der Waals surface area contributed by atoms with Crippen molar-refractivity contribution >= 4 is 74.5 Å². The summed E-state index contributed by atoms with van der Waals surface area (Å²) in [5.74, 6) is -2.16. The smallest absolute Gasteiger partial charge is 0.422 e. The number of carbonyl (C=O) groups excluding carboxylic acids is 3. The van der Waals surface area contributed by atoms with Crippen LogP contribution in [0.1, 0.15) is 42.6 Å². The molecule has 57 heavy (non-hydrogen) atoms. The normalized spacial score (nSPS) is 13.5. The van der Waals surface area contributed by atoms with E-state index in [1.54, 1.807) is 48.5 Å². The van der Waals surface area contributed by atoms with Gasteiger partial charge in [0.15, 0.2) is 6.61 Å². The Hall–Kier alpha value is -6.42. The monoisotopic (exact) mass is 800 g/mol. The quantitative estimate of drug-likeness (QED) is 0.0729. The number of carbonyl (C=O) groups is 3. The third-order valence-corrected chi connectivity index (χ3v) is 9.43. The average Bonchev–Trinajstić information content (AvgIpc) is 3.86. The summed E-state index contributed by atoms with van der Waals surface area (Å²) >= 11 is 6.04. The molecule has 0 saturated heterocycles. The van der Waals surface area contributed by atoms with Crippen LogP contribution in [0.15, 0.2) is 95.4 Å². The maximum absolute atomic E-state index is 13.0. The number of alkyl halides is 3. The highest BCUT2D eigenvalue weighted by Crippen LogP contribution is 2.48. The summed E-state index contributed by atoms with van der Waals surface area (Å²) in [6.45, 7) is 2.29. The highest BCUT2D eigenvalue weighted by atomic mass is 35.5. The lowest BCUT2D eigenvalue weighted by molar-refractivity contribution is -0.154. The molecule has 2 aromatic heterocycles. The number of hydrogen-bond acceptors (Lipinski definition) is 10. The second-order valence-electron chi connectivity index (χ2n) is 14.4. The van der Waals surface area contributed by atoms with Gasteiger partial charge in [0.2, 0.25) is 11.9 Å². The van der Waals surface area contributed by atoms with Crippen LogP contribution in [0.5, 0.6) is 6.01 Å². The lowest BCUT2D eigenvalue weighted by atomic mass is 9.93. The van der Waals surface area contributed by atoms with E-state index in [2.05, 4.69) is 41.5 Å². The summed E-state index contributed by atoms with van der Waals surface area (Å²) in [7, 11) is 0. The Morgan fingerprint density at radius 1 is 0.789 bits per heavy atom. The van der Waals surface area contributed by atoms with Crippen LogP contribution in [0, 0.1) is 5.41 Å².